The Morgan fingerprint density at radius 3 is 2.53 bits per heavy atom. The Labute approximate surface area is 98.2 Å². The van der Waals surface area contributed by atoms with Crippen molar-refractivity contribution in [1.29, 1.82) is 5.26 Å². The van der Waals surface area contributed by atoms with Crippen LogP contribution in [0.4, 0.5) is 0 Å². The summed E-state index contributed by atoms with van der Waals surface area (Å²) in [7, 11) is 0. The van der Waals surface area contributed by atoms with Crippen molar-refractivity contribution in [3.63, 3.8) is 0 Å². The summed E-state index contributed by atoms with van der Waals surface area (Å²) in [6.45, 7) is -0.350. The number of ether oxygens (including phenoxy) is 1. The number of hydrogen-bond acceptors (Lipinski definition) is 5. The largest absolute Gasteiger partial charge is 0.484 e. The predicted octanol–water partition coefficient (Wildman–Crippen LogP) is 0.208. The summed E-state index contributed by atoms with van der Waals surface area (Å²) >= 11 is 0. The van der Waals surface area contributed by atoms with Gasteiger partial charge in [0.15, 0.2) is 6.61 Å². The van der Waals surface area contributed by atoms with Gasteiger partial charge in [0.1, 0.15) is 12.2 Å². The molecule has 2 amide bonds. The summed E-state index contributed by atoms with van der Waals surface area (Å²) < 4.78 is 5.11. The van der Waals surface area contributed by atoms with Crippen LogP contribution in [0.2, 0.25) is 0 Å². The van der Waals surface area contributed by atoms with Crippen LogP contribution in [-0.2, 0) is 9.59 Å². The molecule has 0 radical (unpaired) electrons. The van der Waals surface area contributed by atoms with Gasteiger partial charge in [-0.1, -0.05) is 18.2 Å². The molecule has 0 aliphatic carbocycles. The van der Waals surface area contributed by atoms with E-state index < -0.39 is 18.2 Å². The van der Waals surface area contributed by atoms with E-state index in [4.69, 9.17) is 15.8 Å². The Bertz CT molecular complexity index is 439. The Balaban J connectivity index is 2.45. The second-order valence-corrected chi connectivity index (χ2v) is 3.09. The average molecular weight is 233 g/mol. The van der Waals surface area contributed by atoms with Gasteiger partial charge in [-0.05, 0) is 12.1 Å². The van der Waals surface area contributed by atoms with Gasteiger partial charge in [-0.15, -0.1) is 0 Å². The van der Waals surface area contributed by atoms with Crippen LogP contribution in [0.25, 0.3) is 0 Å². The molecule has 0 atom stereocenters. The minimum absolute atomic E-state index is 0.350. The molecular weight excluding hydrogens is 222 g/mol. The van der Waals surface area contributed by atoms with E-state index in [1.54, 1.807) is 36.4 Å². The lowest BCUT2D eigenvalue weighted by Gasteiger charge is -2.13. The third-order valence-electron chi connectivity index (χ3n) is 1.87. The molecule has 0 aliphatic rings. The molecule has 88 valence electrons. The molecule has 17 heavy (non-hydrogen) atoms. The zero-order valence-electron chi connectivity index (χ0n) is 9.00. The van der Waals surface area contributed by atoms with E-state index in [9.17, 15) is 9.59 Å². The second kappa shape index (κ2) is 6.25. The number of benzene rings is 1. The molecular formula is C11H11N3O3. The van der Waals surface area contributed by atoms with Gasteiger partial charge in [0.25, 0.3) is 11.8 Å². The van der Waals surface area contributed by atoms with Crippen molar-refractivity contribution in [2.45, 2.75) is 6.42 Å². The molecule has 0 aromatic heterocycles. The van der Waals surface area contributed by atoms with Crippen LogP contribution in [-0.4, -0.2) is 23.4 Å². The van der Waals surface area contributed by atoms with Crippen LogP contribution < -0.4 is 10.6 Å². The van der Waals surface area contributed by atoms with Crippen LogP contribution in [0.1, 0.15) is 6.42 Å². The molecule has 1 aromatic rings. The zero-order chi connectivity index (χ0) is 12.7. The average Bonchev–Trinajstić information content (AvgIpc) is 2.36. The standard InChI is InChI=1S/C11H11N3O3/c12-7-6-10(15)14(13)11(16)8-17-9-4-2-1-3-5-9/h1-5H,6,8,13H2. The SMILES string of the molecule is N#CCC(=O)N(N)C(=O)COc1ccccc1. The van der Waals surface area contributed by atoms with Crippen LogP contribution in [0.15, 0.2) is 30.3 Å². The normalized spacial score (nSPS) is 9.18. The number of nitriles is 1. The van der Waals surface area contributed by atoms with Crippen molar-refractivity contribution in [3.05, 3.63) is 30.3 Å². The molecule has 6 nitrogen and oxygen atoms in total. The summed E-state index contributed by atoms with van der Waals surface area (Å²) in [4.78, 5) is 22.5. The lowest BCUT2D eigenvalue weighted by molar-refractivity contribution is -0.145. The maximum atomic E-state index is 11.4. The highest BCUT2D eigenvalue weighted by Crippen LogP contribution is 2.07. The van der Waals surface area contributed by atoms with Crippen molar-refractivity contribution in [2.24, 2.45) is 5.84 Å². The molecule has 0 saturated heterocycles. The molecule has 0 fully saturated rings. The summed E-state index contributed by atoms with van der Waals surface area (Å²) in [6.07, 6.45) is -0.437. The monoisotopic (exact) mass is 233 g/mol. The number of nitrogens with zero attached hydrogens (tertiary/aromatic N) is 2. The third-order valence-corrected chi connectivity index (χ3v) is 1.87. The number of hydrogen-bond donors (Lipinski definition) is 1. The van der Waals surface area contributed by atoms with E-state index in [0.717, 1.165) is 0 Å². The quantitative estimate of drug-likeness (QED) is 0.455. The number of nitrogens with two attached hydrogens (primary N) is 1. The van der Waals surface area contributed by atoms with Gasteiger partial charge < -0.3 is 4.74 Å². The lowest BCUT2D eigenvalue weighted by atomic mass is 10.3. The van der Waals surface area contributed by atoms with Gasteiger partial charge in [0.05, 0.1) is 6.07 Å². The molecule has 1 aromatic carbocycles. The van der Waals surface area contributed by atoms with E-state index in [2.05, 4.69) is 0 Å². The van der Waals surface area contributed by atoms with Crippen molar-refractivity contribution in [1.82, 2.24) is 5.01 Å². The number of imide groups is 1. The van der Waals surface area contributed by atoms with E-state index in [0.29, 0.717) is 10.8 Å². The van der Waals surface area contributed by atoms with Gasteiger partial charge in [-0.2, -0.15) is 5.26 Å². The summed E-state index contributed by atoms with van der Waals surface area (Å²) in [5.74, 6) is 4.26. The fourth-order valence-electron chi connectivity index (χ4n) is 1.02. The van der Waals surface area contributed by atoms with Crippen LogP contribution in [0.3, 0.4) is 0 Å². The Morgan fingerprint density at radius 2 is 1.94 bits per heavy atom. The molecule has 6 heteroatoms. The molecule has 0 heterocycles. The highest BCUT2D eigenvalue weighted by molar-refractivity contribution is 5.95. The number of carbonyl (C=O) groups is 2. The first-order valence-corrected chi connectivity index (χ1v) is 4.80. The first-order chi connectivity index (χ1) is 8.15. The molecule has 0 unspecified atom stereocenters. The number of rotatable bonds is 4. The Morgan fingerprint density at radius 1 is 1.29 bits per heavy atom. The number of carbonyl (C=O) groups excluding carboxylic acids is 2. The Hall–Kier alpha value is -2.39. The van der Waals surface area contributed by atoms with Gasteiger partial charge in [0.2, 0.25) is 0 Å². The third kappa shape index (κ3) is 3.93. The smallest absolute Gasteiger partial charge is 0.281 e. The van der Waals surface area contributed by atoms with Gasteiger partial charge in [-0.25, -0.2) is 10.9 Å². The van der Waals surface area contributed by atoms with Gasteiger partial charge in [0, 0.05) is 0 Å². The van der Waals surface area contributed by atoms with Crippen molar-refractivity contribution < 1.29 is 14.3 Å². The first kappa shape index (κ1) is 12.7. The van der Waals surface area contributed by atoms with Crippen LogP contribution >= 0.6 is 0 Å². The van der Waals surface area contributed by atoms with Crippen LogP contribution in [0, 0.1) is 11.3 Å². The predicted molar refractivity (Wildman–Crippen MR) is 58.2 cm³/mol. The molecule has 0 saturated carbocycles. The topological polar surface area (TPSA) is 96.4 Å². The molecule has 0 bridgehead atoms. The first-order valence-electron chi connectivity index (χ1n) is 4.80. The zero-order valence-corrected chi connectivity index (χ0v) is 9.00. The minimum Gasteiger partial charge on any atom is -0.484 e. The lowest BCUT2D eigenvalue weighted by Crippen LogP contribution is -2.44. The highest BCUT2D eigenvalue weighted by atomic mass is 16.5. The Kier molecular flexibility index (Phi) is 4.66. The van der Waals surface area contributed by atoms with Gasteiger partial charge in [-0.3, -0.25) is 9.59 Å². The van der Waals surface area contributed by atoms with E-state index in [-0.39, 0.29) is 6.61 Å². The van der Waals surface area contributed by atoms with Crippen molar-refractivity contribution in [2.75, 3.05) is 6.61 Å². The highest BCUT2D eigenvalue weighted by Gasteiger charge is 2.17. The van der Waals surface area contributed by atoms with E-state index in [1.165, 1.54) is 0 Å². The molecule has 0 aliphatic heterocycles. The van der Waals surface area contributed by atoms with Gasteiger partial charge >= 0.3 is 0 Å². The van der Waals surface area contributed by atoms with Crippen LogP contribution in [0.5, 0.6) is 5.75 Å². The number of para-hydroxylation sites is 1. The molecule has 1 rings (SSSR count). The maximum Gasteiger partial charge on any atom is 0.281 e. The van der Waals surface area contributed by atoms with E-state index in [1.807, 2.05) is 0 Å². The summed E-state index contributed by atoms with van der Waals surface area (Å²) in [5.41, 5.74) is 0. The fourth-order valence-corrected chi connectivity index (χ4v) is 1.02. The summed E-state index contributed by atoms with van der Waals surface area (Å²) in [5, 5.41) is 8.67. The molecule has 2 N–H and O–H groups in total. The second-order valence-electron chi connectivity index (χ2n) is 3.09. The van der Waals surface area contributed by atoms with Crippen molar-refractivity contribution >= 4 is 11.8 Å². The van der Waals surface area contributed by atoms with E-state index >= 15 is 0 Å². The fraction of sp³-hybridized carbons (Fsp3) is 0.182. The molecule has 0 spiro atoms. The summed E-state index contributed by atoms with van der Waals surface area (Å²) in [6, 6.07) is 10.3. The number of hydrazine groups is 1. The number of amides is 2. The maximum absolute atomic E-state index is 11.4. The minimum atomic E-state index is -0.755. The van der Waals surface area contributed by atoms with Crippen molar-refractivity contribution in [3.8, 4) is 11.8 Å².